The molecule has 2 aromatic heterocycles. The number of para-hydroxylation sites is 1. The summed E-state index contributed by atoms with van der Waals surface area (Å²) in [5, 5.41) is 16.1. The summed E-state index contributed by atoms with van der Waals surface area (Å²) in [5.41, 5.74) is 3.28. The second kappa shape index (κ2) is 10.1. The van der Waals surface area contributed by atoms with Crippen LogP contribution in [0.2, 0.25) is 0 Å². The van der Waals surface area contributed by atoms with Crippen molar-refractivity contribution in [2.75, 3.05) is 0 Å². The van der Waals surface area contributed by atoms with Gasteiger partial charge in [0.05, 0.1) is 16.8 Å². The Hall–Kier alpha value is -3.96. The van der Waals surface area contributed by atoms with Crippen molar-refractivity contribution in [1.82, 2.24) is 14.8 Å². The molecule has 38 heavy (non-hydrogen) atoms. The summed E-state index contributed by atoms with van der Waals surface area (Å²) in [6, 6.07) is 24.6. The summed E-state index contributed by atoms with van der Waals surface area (Å²) >= 11 is 0. The zero-order valence-corrected chi connectivity index (χ0v) is 22.9. The molecule has 0 radical (unpaired) electrons. The number of carboxylic acid groups (broad SMARTS) is 1. The predicted octanol–water partition coefficient (Wildman–Crippen LogP) is 7.64. The molecule has 0 aliphatic rings. The predicted molar refractivity (Wildman–Crippen MR) is 154 cm³/mol. The zero-order chi connectivity index (χ0) is 26.9. The second-order valence-corrected chi connectivity index (χ2v) is 13.5. The van der Waals surface area contributed by atoms with Gasteiger partial charge in [0.25, 0.3) is 0 Å². The highest BCUT2D eigenvalue weighted by atomic mass is 31.2. The first-order valence-electron chi connectivity index (χ1n) is 12.7. The fourth-order valence-corrected chi connectivity index (χ4v) is 7.91. The van der Waals surface area contributed by atoms with Gasteiger partial charge in [0.1, 0.15) is 11.0 Å². The van der Waals surface area contributed by atoms with E-state index in [1.54, 1.807) is 24.4 Å². The maximum absolute atomic E-state index is 11.8. The Labute approximate surface area is 222 Å². The SMILES string of the molecule is CCCn1nc2ccccc2c1P(=Nc1cccc(C(=O)O)c1)(Oc1cccc2cccnc12)C(C)(C)C. The minimum atomic E-state index is -3.00. The fourth-order valence-electron chi connectivity index (χ4n) is 4.63. The van der Waals surface area contributed by atoms with E-state index in [1.807, 2.05) is 59.3 Å². The number of nitrogens with zero attached hydrogens (tertiary/aromatic N) is 4. The van der Waals surface area contributed by atoms with Crippen molar-refractivity contribution < 1.29 is 14.4 Å². The van der Waals surface area contributed by atoms with Crippen LogP contribution in [0, 0.1) is 0 Å². The largest absolute Gasteiger partial charge is 0.478 e. The number of aromatic nitrogens is 3. The van der Waals surface area contributed by atoms with E-state index >= 15 is 0 Å². The topological polar surface area (TPSA) is 89.6 Å². The van der Waals surface area contributed by atoms with Crippen LogP contribution < -0.4 is 9.96 Å². The molecule has 7 nitrogen and oxygen atoms in total. The lowest BCUT2D eigenvalue weighted by Crippen LogP contribution is -2.32. The Balaban J connectivity index is 1.91. The molecule has 2 heterocycles. The molecule has 5 aromatic rings. The third-order valence-electron chi connectivity index (χ3n) is 6.43. The van der Waals surface area contributed by atoms with Gasteiger partial charge in [-0.15, -0.1) is 0 Å². The molecule has 0 saturated heterocycles. The molecule has 0 fully saturated rings. The summed E-state index contributed by atoms with van der Waals surface area (Å²) in [4.78, 5) is 16.5. The molecule has 194 valence electrons. The van der Waals surface area contributed by atoms with Gasteiger partial charge in [0.15, 0.2) is 13.0 Å². The molecule has 5 rings (SSSR count). The van der Waals surface area contributed by atoms with Gasteiger partial charge in [-0.3, -0.25) is 9.67 Å². The summed E-state index contributed by atoms with van der Waals surface area (Å²) < 4.78 is 14.6. The van der Waals surface area contributed by atoms with Crippen LogP contribution in [0.5, 0.6) is 5.75 Å². The molecule has 8 heteroatoms. The number of carbonyl (C=O) groups is 1. The number of benzene rings is 3. The highest BCUT2D eigenvalue weighted by Gasteiger charge is 2.43. The Morgan fingerprint density at radius 3 is 2.55 bits per heavy atom. The molecular weight excluding hydrogens is 495 g/mol. The maximum Gasteiger partial charge on any atom is 0.335 e. The molecule has 3 aromatic carbocycles. The lowest BCUT2D eigenvalue weighted by Gasteiger charge is -2.37. The van der Waals surface area contributed by atoms with Crippen molar-refractivity contribution in [1.29, 1.82) is 0 Å². The minimum absolute atomic E-state index is 0.178. The summed E-state index contributed by atoms with van der Waals surface area (Å²) in [5.74, 6) is -0.361. The van der Waals surface area contributed by atoms with E-state index in [1.165, 1.54) is 0 Å². The van der Waals surface area contributed by atoms with Crippen molar-refractivity contribution in [2.45, 2.75) is 45.8 Å². The van der Waals surface area contributed by atoms with Crippen LogP contribution in [0.15, 0.2) is 89.8 Å². The van der Waals surface area contributed by atoms with Gasteiger partial charge in [-0.05, 0) is 42.8 Å². The molecule has 0 saturated carbocycles. The van der Waals surface area contributed by atoms with Crippen LogP contribution in [0.1, 0.15) is 44.5 Å². The Bertz CT molecular complexity index is 1700. The smallest absolute Gasteiger partial charge is 0.335 e. The Morgan fingerprint density at radius 2 is 1.79 bits per heavy atom. The van der Waals surface area contributed by atoms with Gasteiger partial charge >= 0.3 is 5.97 Å². The van der Waals surface area contributed by atoms with Crippen molar-refractivity contribution >= 4 is 46.2 Å². The van der Waals surface area contributed by atoms with Crippen LogP contribution >= 0.6 is 7.28 Å². The summed E-state index contributed by atoms with van der Waals surface area (Å²) in [7, 11) is -3.00. The maximum atomic E-state index is 11.8. The van der Waals surface area contributed by atoms with Crippen molar-refractivity contribution in [2.24, 2.45) is 4.74 Å². The zero-order valence-electron chi connectivity index (χ0n) is 22.0. The summed E-state index contributed by atoms with van der Waals surface area (Å²) in [6.07, 6.45) is 2.64. The van der Waals surface area contributed by atoms with E-state index in [9.17, 15) is 9.90 Å². The van der Waals surface area contributed by atoms with E-state index in [0.717, 1.165) is 33.7 Å². The molecule has 0 amide bonds. The van der Waals surface area contributed by atoms with Crippen molar-refractivity contribution in [3.05, 3.63) is 90.6 Å². The third-order valence-corrected chi connectivity index (χ3v) is 10.3. The molecule has 1 unspecified atom stereocenters. The quantitative estimate of drug-likeness (QED) is 0.220. The highest BCUT2D eigenvalue weighted by Crippen LogP contribution is 2.63. The molecule has 1 atom stereocenters. The fraction of sp³-hybridized carbons (Fsp3) is 0.233. The van der Waals surface area contributed by atoms with Gasteiger partial charge in [0, 0.05) is 28.7 Å². The Morgan fingerprint density at radius 1 is 1.03 bits per heavy atom. The first kappa shape index (κ1) is 25.7. The van der Waals surface area contributed by atoms with E-state index in [-0.39, 0.29) is 5.56 Å². The van der Waals surface area contributed by atoms with Gasteiger partial charge in [-0.25, -0.2) is 9.54 Å². The number of hydrogen-bond donors (Lipinski definition) is 1. The van der Waals surface area contributed by atoms with Gasteiger partial charge in [0.2, 0.25) is 0 Å². The minimum Gasteiger partial charge on any atom is -0.478 e. The lowest BCUT2D eigenvalue weighted by molar-refractivity contribution is 0.0697. The van der Waals surface area contributed by atoms with E-state index in [4.69, 9.17) is 14.4 Å². The number of aromatic carboxylic acids is 1. The number of pyridine rings is 1. The van der Waals surface area contributed by atoms with Crippen LogP contribution in [0.3, 0.4) is 0 Å². The molecule has 0 bridgehead atoms. The second-order valence-electron chi connectivity index (χ2n) is 10.2. The number of rotatable bonds is 7. The number of carboxylic acids is 1. The first-order chi connectivity index (χ1) is 18.2. The molecule has 1 N–H and O–H groups in total. The highest BCUT2D eigenvalue weighted by molar-refractivity contribution is 7.71. The number of fused-ring (bicyclic) bond motifs is 2. The standard InChI is InChI=1S/C30H31N4O3P/c1-5-19-34-28(24-15-6-7-16-25(24)32-34)38(30(2,3)4,33-23-14-8-12-22(20-23)29(35)36)37-26-17-9-11-21-13-10-18-31-27(21)26/h6-18,20H,5,19H2,1-4H3,(H,35,36). The summed E-state index contributed by atoms with van der Waals surface area (Å²) in [6.45, 7) is 9.20. The van der Waals surface area contributed by atoms with E-state index < -0.39 is 18.4 Å². The van der Waals surface area contributed by atoms with E-state index in [0.29, 0.717) is 18.0 Å². The number of hydrogen-bond acceptors (Lipinski definition) is 5. The van der Waals surface area contributed by atoms with Crippen molar-refractivity contribution in [3.63, 3.8) is 0 Å². The van der Waals surface area contributed by atoms with Crippen LogP contribution in [0.25, 0.3) is 21.8 Å². The molecule has 0 aliphatic carbocycles. The van der Waals surface area contributed by atoms with Gasteiger partial charge < -0.3 is 9.63 Å². The first-order valence-corrected chi connectivity index (χ1v) is 14.3. The average molecular weight is 527 g/mol. The van der Waals surface area contributed by atoms with E-state index in [2.05, 4.69) is 38.7 Å². The lowest BCUT2D eigenvalue weighted by atomic mass is 10.2. The van der Waals surface area contributed by atoms with Crippen LogP contribution in [-0.2, 0) is 6.54 Å². The van der Waals surface area contributed by atoms with Gasteiger partial charge in [-0.2, -0.15) is 5.10 Å². The monoisotopic (exact) mass is 526 g/mol. The van der Waals surface area contributed by atoms with Crippen molar-refractivity contribution in [3.8, 4) is 5.75 Å². The molecular formula is C30H31N4O3P. The third kappa shape index (κ3) is 4.59. The van der Waals surface area contributed by atoms with Crippen LogP contribution in [-0.4, -0.2) is 31.0 Å². The Kier molecular flexibility index (Phi) is 6.80. The molecule has 0 aliphatic heterocycles. The van der Waals surface area contributed by atoms with Crippen LogP contribution in [0.4, 0.5) is 5.69 Å². The number of aryl methyl sites for hydroxylation is 1. The molecule has 0 spiro atoms. The normalized spacial score (nSPS) is 13.4. The van der Waals surface area contributed by atoms with Gasteiger partial charge in [-0.1, -0.05) is 70.2 Å². The average Bonchev–Trinajstić information content (AvgIpc) is 3.26.